The first-order valence-electron chi connectivity index (χ1n) is 11.5. The maximum absolute atomic E-state index is 12.4. The van der Waals surface area contributed by atoms with E-state index in [1.165, 1.54) is 5.69 Å². The number of amides is 1. The number of pyridine rings is 1. The first-order chi connectivity index (χ1) is 14.9. The molecule has 0 radical (unpaired) electrons. The highest BCUT2D eigenvalue weighted by Crippen LogP contribution is 2.36. The van der Waals surface area contributed by atoms with Gasteiger partial charge in [-0.3, -0.25) is 9.78 Å². The highest BCUT2D eigenvalue weighted by atomic mass is 16.6. The van der Waals surface area contributed by atoms with Gasteiger partial charge in [0.2, 0.25) is 0 Å². The van der Waals surface area contributed by atoms with Crippen molar-refractivity contribution in [2.75, 3.05) is 24.5 Å². The van der Waals surface area contributed by atoms with Crippen LogP contribution in [0.2, 0.25) is 0 Å². The molecule has 1 aromatic rings. The van der Waals surface area contributed by atoms with Crippen molar-refractivity contribution in [3.8, 4) is 0 Å². The van der Waals surface area contributed by atoms with Crippen LogP contribution in [-0.2, 0) is 9.53 Å². The van der Waals surface area contributed by atoms with Gasteiger partial charge in [-0.25, -0.2) is 4.79 Å². The fourth-order valence-electron chi connectivity index (χ4n) is 5.29. The van der Waals surface area contributed by atoms with E-state index >= 15 is 0 Å². The van der Waals surface area contributed by atoms with Gasteiger partial charge in [0.05, 0.1) is 18.1 Å². The number of aromatic nitrogens is 1. The van der Waals surface area contributed by atoms with Gasteiger partial charge in [-0.2, -0.15) is 0 Å². The fourth-order valence-corrected chi connectivity index (χ4v) is 5.29. The second-order valence-corrected chi connectivity index (χ2v) is 9.31. The lowest BCUT2D eigenvalue weighted by molar-refractivity contribution is -0.144. The zero-order valence-corrected chi connectivity index (χ0v) is 18.0. The number of aliphatic hydroxyl groups is 1. The molecule has 1 aliphatic carbocycles. The molecule has 0 spiro atoms. The number of cyclic esters (lactones) is 1. The fraction of sp³-hybridized carbons (Fsp3) is 0.696. The molecule has 1 aromatic heterocycles. The van der Waals surface area contributed by atoms with Crippen molar-refractivity contribution in [1.29, 1.82) is 0 Å². The lowest BCUT2D eigenvalue weighted by Crippen LogP contribution is -2.45. The molecule has 0 aromatic carbocycles. The van der Waals surface area contributed by atoms with Crippen LogP contribution in [0.4, 0.5) is 10.5 Å². The van der Waals surface area contributed by atoms with Crippen LogP contribution in [0.25, 0.3) is 0 Å². The predicted molar refractivity (Wildman–Crippen MR) is 115 cm³/mol. The average molecular weight is 432 g/mol. The number of anilines is 1. The molecule has 2 N–H and O–H groups in total. The maximum atomic E-state index is 12.4. The van der Waals surface area contributed by atoms with Crippen LogP contribution in [-0.4, -0.2) is 69.5 Å². The Morgan fingerprint density at radius 3 is 2.48 bits per heavy atom. The number of rotatable bonds is 7. The van der Waals surface area contributed by atoms with Gasteiger partial charge in [-0.1, -0.05) is 0 Å². The highest BCUT2D eigenvalue weighted by Gasteiger charge is 2.39. The summed E-state index contributed by atoms with van der Waals surface area (Å²) in [5.74, 6) is -1.08. The molecule has 3 fully saturated rings. The molecule has 2 saturated heterocycles. The monoisotopic (exact) mass is 431 g/mol. The Morgan fingerprint density at radius 2 is 1.84 bits per heavy atom. The molecule has 8 heteroatoms. The topological polar surface area (TPSA) is 103 Å². The largest absolute Gasteiger partial charge is 0.481 e. The summed E-state index contributed by atoms with van der Waals surface area (Å²) < 4.78 is 5.62. The molecule has 3 heterocycles. The Bertz CT molecular complexity index is 758. The molecule has 4 rings (SSSR count). The minimum Gasteiger partial charge on any atom is -0.481 e. The van der Waals surface area contributed by atoms with Gasteiger partial charge in [0.15, 0.2) is 0 Å². The third kappa shape index (κ3) is 5.29. The summed E-state index contributed by atoms with van der Waals surface area (Å²) in [5.41, 5.74) is 0.402. The van der Waals surface area contributed by atoms with Gasteiger partial charge in [0.1, 0.15) is 6.10 Å². The van der Waals surface area contributed by atoms with Crippen molar-refractivity contribution in [3.05, 3.63) is 24.5 Å². The van der Waals surface area contributed by atoms with Gasteiger partial charge in [-0.05, 0) is 69.9 Å². The smallest absolute Gasteiger partial charge is 0.410 e. The van der Waals surface area contributed by atoms with E-state index < -0.39 is 11.6 Å². The number of nitrogens with zero attached hydrogens (tertiary/aromatic N) is 3. The molecule has 3 aliphatic rings. The molecule has 1 unspecified atom stereocenters. The third-order valence-corrected chi connectivity index (χ3v) is 7.27. The van der Waals surface area contributed by atoms with Gasteiger partial charge in [0.25, 0.3) is 0 Å². The Balaban J connectivity index is 1.19. The number of carbonyl (C=O) groups excluding carboxylic acids is 1. The Kier molecular flexibility index (Phi) is 6.65. The van der Waals surface area contributed by atoms with Crippen LogP contribution in [0.3, 0.4) is 0 Å². The number of carboxylic acid groups (broad SMARTS) is 1. The van der Waals surface area contributed by atoms with E-state index in [4.69, 9.17) is 9.84 Å². The third-order valence-electron chi connectivity index (χ3n) is 7.27. The van der Waals surface area contributed by atoms with Crippen LogP contribution in [0.15, 0.2) is 24.5 Å². The van der Waals surface area contributed by atoms with Gasteiger partial charge in [-0.15, -0.1) is 0 Å². The molecule has 2 aliphatic heterocycles. The first kappa shape index (κ1) is 21.9. The van der Waals surface area contributed by atoms with E-state index in [-0.39, 0.29) is 24.2 Å². The molecule has 1 saturated carbocycles. The summed E-state index contributed by atoms with van der Waals surface area (Å²) in [7, 11) is 0. The number of hydrogen-bond donors (Lipinski definition) is 2. The van der Waals surface area contributed by atoms with Crippen molar-refractivity contribution in [1.82, 2.24) is 9.88 Å². The van der Waals surface area contributed by atoms with E-state index in [1.807, 2.05) is 17.0 Å². The number of ether oxygens (including phenoxy) is 1. The Morgan fingerprint density at radius 1 is 1.16 bits per heavy atom. The summed E-state index contributed by atoms with van der Waals surface area (Å²) in [4.78, 5) is 31.8. The van der Waals surface area contributed by atoms with E-state index in [1.54, 1.807) is 12.4 Å². The van der Waals surface area contributed by atoms with Crippen LogP contribution in [0.5, 0.6) is 0 Å². The van der Waals surface area contributed by atoms with E-state index in [0.29, 0.717) is 38.6 Å². The first-order valence-corrected chi connectivity index (χ1v) is 11.5. The number of carbonyl (C=O) groups is 2. The number of aliphatic carboxylic acids is 1. The van der Waals surface area contributed by atoms with E-state index in [2.05, 4.69) is 9.88 Å². The molecule has 1 atom stereocenters. The second kappa shape index (κ2) is 9.42. The minimum absolute atomic E-state index is 0.121. The average Bonchev–Trinajstić information content (AvgIpc) is 3.15. The Hall–Kier alpha value is -2.35. The van der Waals surface area contributed by atoms with Crippen LogP contribution >= 0.6 is 0 Å². The second-order valence-electron chi connectivity index (χ2n) is 9.31. The van der Waals surface area contributed by atoms with Crippen molar-refractivity contribution >= 4 is 17.7 Å². The Labute approximate surface area is 183 Å². The van der Waals surface area contributed by atoms with E-state index in [9.17, 15) is 14.7 Å². The summed E-state index contributed by atoms with van der Waals surface area (Å²) in [6, 6.07) is 4.25. The van der Waals surface area contributed by atoms with Crippen molar-refractivity contribution < 1.29 is 24.5 Å². The summed E-state index contributed by atoms with van der Waals surface area (Å²) in [6.45, 7) is 2.44. The molecule has 1 amide bonds. The molecular formula is C23H33N3O5. The summed E-state index contributed by atoms with van der Waals surface area (Å²) >= 11 is 0. The van der Waals surface area contributed by atoms with Crippen molar-refractivity contribution in [2.45, 2.75) is 75.5 Å². The van der Waals surface area contributed by atoms with Gasteiger partial charge in [0, 0.05) is 37.2 Å². The van der Waals surface area contributed by atoms with Crippen LogP contribution in [0, 0.1) is 5.92 Å². The zero-order chi connectivity index (χ0) is 21.8. The molecule has 170 valence electrons. The predicted octanol–water partition coefficient (Wildman–Crippen LogP) is 3.05. The molecule has 0 bridgehead atoms. The van der Waals surface area contributed by atoms with Crippen molar-refractivity contribution in [3.63, 3.8) is 0 Å². The van der Waals surface area contributed by atoms with Gasteiger partial charge < -0.3 is 24.7 Å². The molecule has 31 heavy (non-hydrogen) atoms. The van der Waals surface area contributed by atoms with E-state index in [0.717, 1.165) is 38.8 Å². The number of piperidine rings is 1. The normalized spacial score (nSPS) is 29.8. The highest BCUT2D eigenvalue weighted by molar-refractivity contribution is 5.70. The molecule has 8 nitrogen and oxygen atoms in total. The van der Waals surface area contributed by atoms with Gasteiger partial charge >= 0.3 is 12.1 Å². The van der Waals surface area contributed by atoms with Crippen molar-refractivity contribution in [2.24, 2.45) is 5.92 Å². The number of carboxylic acids is 1. The van der Waals surface area contributed by atoms with Crippen LogP contribution < -0.4 is 4.90 Å². The zero-order valence-electron chi connectivity index (χ0n) is 18.0. The van der Waals surface area contributed by atoms with Crippen LogP contribution in [0.1, 0.15) is 57.8 Å². The summed E-state index contributed by atoms with van der Waals surface area (Å²) in [5, 5.41) is 19.9. The lowest BCUT2D eigenvalue weighted by Gasteiger charge is -2.36. The SMILES string of the molecule is O=C(O)C1CCC(O)(CCCC2CN(C3CCN(c4ccncc4)CC3)C(=O)O2)CC1. The summed E-state index contributed by atoms with van der Waals surface area (Å²) in [6.07, 6.45) is 9.43. The number of hydrogen-bond acceptors (Lipinski definition) is 6. The maximum Gasteiger partial charge on any atom is 0.410 e. The molecular weight excluding hydrogens is 398 g/mol. The lowest BCUT2D eigenvalue weighted by atomic mass is 9.76. The standard InChI is InChI=1S/C23H33N3O5/c27-21(28)17-3-10-23(30,11-4-17)9-1-2-20-16-26(22(29)31-20)19-7-14-25(15-8-19)18-5-12-24-13-6-18/h5-6,12-13,17,19-20,30H,1-4,7-11,14-16H2,(H,27,28). The quantitative estimate of drug-likeness (QED) is 0.684. The minimum atomic E-state index is -0.770.